The monoisotopic (exact) mass is 238 g/mol. The lowest BCUT2D eigenvalue weighted by Crippen LogP contribution is -2.02. The molecule has 92 valence electrons. The summed E-state index contributed by atoms with van der Waals surface area (Å²) in [5.41, 5.74) is 3.79. The van der Waals surface area contributed by atoms with Gasteiger partial charge in [0.15, 0.2) is 0 Å². The molecule has 0 spiro atoms. The molecule has 1 atom stereocenters. The fourth-order valence-electron chi connectivity index (χ4n) is 2.14. The van der Waals surface area contributed by atoms with E-state index in [0.29, 0.717) is 0 Å². The van der Waals surface area contributed by atoms with Crippen molar-refractivity contribution in [1.29, 1.82) is 0 Å². The summed E-state index contributed by atoms with van der Waals surface area (Å²) in [6.07, 6.45) is 2.72. The van der Waals surface area contributed by atoms with E-state index in [1.54, 1.807) is 7.11 Å². The lowest BCUT2D eigenvalue weighted by molar-refractivity contribution is 0.142. The van der Waals surface area contributed by atoms with Crippen LogP contribution in [0.4, 0.5) is 0 Å². The molecule has 2 aromatic rings. The van der Waals surface area contributed by atoms with Crippen LogP contribution in [0.2, 0.25) is 0 Å². The Labute approximate surface area is 109 Å². The van der Waals surface area contributed by atoms with Crippen molar-refractivity contribution in [2.24, 2.45) is 0 Å². The zero-order valence-corrected chi connectivity index (χ0v) is 10.7. The molecule has 0 saturated heterocycles. The summed E-state index contributed by atoms with van der Waals surface area (Å²) in [7, 11) is 1.71. The first-order chi connectivity index (χ1) is 8.85. The molecule has 0 aliphatic carbocycles. The van der Waals surface area contributed by atoms with Crippen LogP contribution in [0.25, 0.3) is 0 Å². The number of benzene rings is 2. The van der Waals surface area contributed by atoms with Crippen LogP contribution in [0.15, 0.2) is 67.3 Å². The highest BCUT2D eigenvalue weighted by atomic mass is 16.5. The van der Waals surface area contributed by atoms with Crippen molar-refractivity contribution < 1.29 is 4.74 Å². The lowest BCUT2D eigenvalue weighted by atomic mass is 9.96. The third kappa shape index (κ3) is 2.88. The van der Waals surface area contributed by atoms with Crippen molar-refractivity contribution in [3.05, 3.63) is 83.9 Å². The SMILES string of the molecule is C=CC(OC)c1ccccc1Cc1ccccc1. The molecule has 0 aliphatic heterocycles. The van der Waals surface area contributed by atoms with E-state index in [9.17, 15) is 0 Å². The first-order valence-corrected chi connectivity index (χ1v) is 6.12. The molecule has 1 heteroatoms. The Kier molecular flexibility index (Phi) is 4.32. The smallest absolute Gasteiger partial charge is 0.100 e. The second-order valence-electron chi connectivity index (χ2n) is 4.25. The van der Waals surface area contributed by atoms with E-state index in [1.165, 1.54) is 16.7 Å². The molecule has 0 amide bonds. The maximum Gasteiger partial charge on any atom is 0.100 e. The zero-order chi connectivity index (χ0) is 12.8. The van der Waals surface area contributed by atoms with Crippen LogP contribution in [0.3, 0.4) is 0 Å². The van der Waals surface area contributed by atoms with E-state index in [4.69, 9.17) is 4.74 Å². The van der Waals surface area contributed by atoms with E-state index in [-0.39, 0.29) is 6.10 Å². The van der Waals surface area contributed by atoms with Crippen molar-refractivity contribution in [3.8, 4) is 0 Å². The summed E-state index contributed by atoms with van der Waals surface area (Å²) < 4.78 is 5.45. The third-order valence-electron chi connectivity index (χ3n) is 3.07. The molecule has 2 aromatic carbocycles. The highest BCUT2D eigenvalue weighted by Gasteiger charge is 2.10. The van der Waals surface area contributed by atoms with Gasteiger partial charge < -0.3 is 4.74 Å². The molecule has 18 heavy (non-hydrogen) atoms. The Balaban J connectivity index is 2.30. The summed E-state index contributed by atoms with van der Waals surface area (Å²) in [5.74, 6) is 0. The molecule has 0 N–H and O–H groups in total. The molecular weight excluding hydrogens is 220 g/mol. The van der Waals surface area contributed by atoms with E-state index in [0.717, 1.165) is 6.42 Å². The van der Waals surface area contributed by atoms with Crippen LogP contribution in [-0.2, 0) is 11.2 Å². The van der Waals surface area contributed by atoms with Gasteiger partial charge >= 0.3 is 0 Å². The average Bonchev–Trinajstić information content (AvgIpc) is 2.43. The summed E-state index contributed by atoms with van der Waals surface area (Å²) in [6.45, 7) is 3.83. The van der Waals surface area contributed by atoms with Crippen LogP contribution in [-0.4, -0.2) is 7.11 Å². The normalized spacial score (nSPS) is 12.1. The van der Waals surface area contributed by atoms with Gasteiger partial charge in [-0.2, -0.15) is 0 Å². The zero-order valence-electron chi connectivity index (χ0n) is 10.7. The van der Waals surface area contributed by atoms with Crippen LogP contribution >= 0.6 is 0 Å². The summed E-state index contributed by atoms with van der Waals surface area (Å²) >= 11 is 0. The van der Waals surface area contributed by atoms with Crippen LogP contribution in [0.1, 0.15) is 22.8 Å². The fourth-order valence-corrected chi connectivity index (χ4v) is 2.14. The maximum atomic E-state index is 5.45. The van der Waals surface area contributed by atoms with Gasteiger partial charge in [0, 0.05) is 7.11 Å². The molecule has 0 heterocycles. The molecular formula is C17H18O. The lowest BCUT2D eigenvalue weighted by Gasteiger charge is -2.15. The van der Waals surface area contributed by atoms with Gasteiger partial charge in [-0.05, 0) is 23.1 Å². The number of methoxy groups -OCH3 is 1. The molecule has 2 rings (SSSR count). The summed E-state index contributed by atoms with van der Waals surface area (Å²) in [4.78, 5) is 0. The predicted molar refractivity (Wildman–Crippen MR) is 75.6 cm³/mol. The van der Waals surface area contributed by atoms with Gasteiger partial charge in [-0.15, -0.1) is 6.58 Å². The highest BCUT2D eigenvalue weighted by Crippen LogP contribution is 2.23. The maximum absolute atomic E-state index is 5.45. The van der Waals surface area contributed by atoms with E-state index >= 15 is 0 Å². The molecule has 0 aliphatic rings. The van der Waals surface area contributed by atoms with Gasteiger partial charge in [-0.3, -0.25) is 0 Å². The van der Waals surface area contributed by atoms with Crippen LogP contribution < -0.4 is 0 Å². The first-order valence-electron chi connectivity index (χ1n) is 6.12. The number of ether oxygens (including phenoxy) is 1. The Hall–Kier alpha value is -1.86. The first kappa shape index (κ1) is 12.6. The molecule has 0 saturated carbocycles. The Morgan fingerprint density at radius 3 is 2.39 bits per heavy atom. The van der Waals surface area contributed by atoms with Gasteiger partial charge in [0.2, 0.25) is 0 Å². The highest BCUT2D eigenvalue weighted by molar-refractivity contribution is 5.35. The molecule has 0 bridgehead atoms. The quantitative estimate of drug-likeness (QED) is 0.711. The van der Waals surface area contributed by atoms with Gasteiger partial charge in [0.25, 0.3) is 0 Å². The second-order valence-corrected chi connectivity index (χ2v) is 4.25. The van der Waals surface area contributed by atoms with Crippen molar-refractivity contribution in [2.75, 3.05) is 7.11 Å². The van der Waals surface area contributed by atoms with E-state index < -0.39 is 0 Å². The van der Waals surface area contributed by atoms with Gasteiger partial charge in [-0.25, -0.2) is 0 Å². The number of hydrogen-bond donors (Lipinski definition) is 0. The molecule has 1 nitrogen and oxygen atoms in total. The predicted octanol–water partition coefficient (Wildman–Crippen LogP) is 4.15. The molecule has 0 fully saturated rings. The van der Waals surface area contributed by atoms with Crippen molar-refractivity contribution in [3.63, 3.8) is 0 Å². The molecule has 0 aromatic heterocycles. The van der Waals surface area contributed by atoms with Crippen LogP contribution in [0, 0.1) is 0 Å². The minimum absolute atomic E-state index is 0.0371. The van der Waals surface area contributed by atoms with Crippen LogP contribution in [0.5, 0.6) is 0 Å². The van der Waals surface area contributed by atoms with Crippen molar-refractivity contribution >= 4 is 0 Å². The minimum atomic E-state index is -0.0371. The van der Waals surface area contributed by atoms with Crippen molar-refractivity contribution in [1.82, 2.24) is 0 Å². The summed E-state index contributed by atoms with van der Waals surface area (Å²) in [6, 6.07) is 18.8. The van der Waals surface area contributed by atoms with Crippen molar-refractivity contribution in [2.45, 2.75) is 12.5 Å². The van der Waals surface area contributed by atoms with E-state index in [1.807, 2.05) is 18.2 Å². The largest absolute Gasteiger partial charge is 0.373 e. The Bertz CT molecular complexity index is 502. The second kappa shape index (κ2) is 6.18. The standard InChI is InChI=1S/C17H18O/c1-3-17(18-2)16-12-8-7-11-15(16)13-14-9-5-4-6-10-14/h3-12,17H,1,13H2,2H3. The van der Waals surface area contributed by atoms with Gasteiger partial charge in [-0.1, -0.05) is 60.7 Å². The number of hydrogen-bond acceptors (Lipinski definition) is 1. The average molecular weight is 238 g/mol. The minimum Gasteiger partial charge on any atom is -0.373 e. The molecule has 0 radical (unpaired) electrons. The Morgan fingerprint density at radius 1 is 1.06 bits per heavy atom. The topological polar surface area (TPSA) is 9.23 Å². The fraction of sp³-hybridized carbons (Fsp3) is 0.176. The van der Waals surface area contributed by atoms with Gasteiger partial charge in [0.1, 0.15) is 6.10 Å². The molecule has 1 unspecified atom stereocenters. The van der Waals surface area contributed by atoms with E-state index in [2.05, 4.69) is 49.0 Å². The Morgan fingerprint density at radius 2 is 1.72 bits per heavy atom. The summed E-state index contributed by atoms with van der Waals surface area (Å²) in [5, 5.41) is 0. The van der Waals surface area contributed by atoms with Gasteiger partial charge in [0.05, 0.1) is 0 Å². The third-order valence-corrected chi connectivity index (χ3v) is 3.07. The number of rotatable bonds is 5.